The number of carbonyl (C=O) groups is 10. The standard InChI is InChI=1S/C78H53N5O16S3/c1-44-53(36-79)67(84)82(75(92)98-42-51-30-18-8-19-31-51)69(86)59(44)46(3)56-35-57-65(100-56)62-66(101-57)61-60(78(62,73(90)96-40-49-26-14-6-15-27-49)74(91)97-41-50-28-16-7-17-29-50)64-55(77(61,71(88)94-38-47-22-10-4-11-23-47)72(89)95-39-48-24-12-5-13-25-48)34-58(102-64)81-63-45(2)54(37-80)68(85)83(70(63)87)76(93)99-43-52-32-20-9-21-33-52/h4-35,59H,3,38-43H2,1-2H3/b81-63+/t59-/m0/s1. The van der Waals surface area contributed by atoms with Gasteiger partial charge in [0.05, 0.1) is 10.6 Å². The molecule has 0 saturated carbocycles. The average Bonchev–Trinajstić information content (AvgIpc) is 1.48. The average molecular weight is 1410 g/mol. The molecule has 0 saturated heterocycles. The molecule has 9 aromatic rings. The molecule has 24 heteroatoms. The van der Waals surface area contributed by atoms with Gasteiger partial charge >= 0.3 is 36.1 Å². The lowest BCUT2D eigenvalue weighted by atomic mass is 9.76. The first kappa shape index (κ1) is 67.9. The van der Waals surface area contributed by atoms with Crippen LogP contribution < -0.4 is 0 Å². The minimum Gasteiger partial charge on any atom is -0.459 e. The number of amides is 6. The van der Waals surface area contributed by atoms with Gasteiger partial charge in [-0.3, -0.25) is 38.4 Å². The summed E-state index contributed by atoms with van der Waals surface area (Å²) >= 11 is 2.49. The summed E-state index contributed by atoms with van der Waals surface area (Å²) in [5.74, 6) is -11.7. The summed E-state index contributed by atoms with van der Waals surface area (Å²) in [6.45, 7) is 4.39. The van der Waals surface area contributed by atoms with Gasteiger partial charge in [-0.15, -0.1) is 34.0 Å². The monoisotopic (exact) mass is 1410 g/mol. The molecule has 5 heterocycles. The Kier molecular flexibility index (Phi) is 18.9. The predicted molar refractivity (Wildman–Crippen MR) is 372 cm³/mol. The number of fused-ring (bicyclic) bond motifs is 6. The number of esters is 4. The third kappa shape index (κ3) is 12.0. The predicted octanol–water partition coefficient (Wildman–Crippen LogP) is 13.2. The lowest BCUT2D eigenvalue weighted by Gasteiger charge is -2.30. The summed E-state index contributed by atoms with van der Waals surface area (Å²) in [4.78, 5) is 157. The lowest BCUT2D eigenvalue weighted by molar-refractivity contribution is -0.165. The lowest BCUT2D eigenvalue weighted by Crippen LogP contribution is -2.50. The molecule has 6 aromatic carbocycles. The van der Waals surface area contributed by atoms with Crippen LogP contribution >= 0.6 is 34.0 Å². The molecule has 6 amide bonds. The van der Waals surface area contributed by atoms with Crippen molar-refractivity contribution < 1.29 is 76.4 Å². The van der Waals surface area contributed by atoms with Gasteiger partial charge in [-0.2, -0.15) is 20.3 Å². The number of hydrogen-bond donors (Lipinski definition) is 0. The van der Waals surface area contributed by atoms with Gasteiger partial charge in [0.15, 0.2) is 0 Å². The van der Waals surface area contributed by atoms with Crippen LogP contribution in [0.5, 0.6) is 0 Å². The minimum absolute atomic E-state index is 0.0149. The van der Waals surface area contributed by atoms with Crippen LogP contribution in [0.2, 0.25) is 0 Å². The van der Waals surface area contributed by atoms with E-state index in [4.69, 9.17) is 33.4 Å². The van der Waals surface area contributed by atoms with Crippen molar-refractivity contribution in [3.63, 3.8) is 0 Å². The van der Waals surface area contributed by atoms with E-state index in [1.165, 1.54) is 19.9 Å². The number of carbonyl (C=O) groups excluding carboxylic acids is 10. The fourth-order valence-corrected chi connectivity index (χ4v) is 16.6. The van der Waals surface area contributed by atoms with E-state index in [1.807, 2.05) is 6.07 Å². The van der Waals surface area contributed by atoms with Gasteiger partial charge in [0.1, 0.15) is 73.6 Å². The molecule has 0 unspecified atom stereocenters. The number of nitrogens with zero attached hydrogens (tertiary/aromatic N) is 5. The van der Waals surface area contributed by atoms with E-state index in [0.29, 0.717) is 44.7 Å². The maximum absolute atomic E-state index is 16.6. The van der Waals surface area contributed by atoms with Crippen molar-refractivity contribution in [1.29, 1.82) is 10.5 Å². The van der Waals surface area contributed by atoms with Gasteiger partial charge in [0.2, 0.25) is 10.8 Å². The van der Waals surface area contributed by atoms with E-state index in [9.17, 15) is 39.3 Å². The molecule has 4 aliphatic rings. The third-order valence-corrected chi connectivity index (χ3v) is 21.1. The smallest absolute Gasteiger partial charge is 0.424 e. The van der Waals surface area contributed by atoms with Gasteiger partial charge in [-0.1, -0.05) is 189 Å². The van der Waals surface area contributed by atoms with Crippen LogP contribution in [0.4, 0.5) is 14.6 Å². The summed E-state index contributed by atoms with van der Waals surface area (Å²) < 4.78 is 36.7. The summed E-state index contributed by atoms with van der Waals surface area (Å²) in [6.07, 6.45) is -2.80. The van der Waals surface area contributed by atoms with E-state index in [0.717, 1.165) is 22.7 Å². The Morgan fingerprint density at radius 3 is 1.28 bits per heavy atom. The Bertz CT molecular complexity index is 5130. The maximum atomic E-state index is 16.6. The van der Waals surface area contributed by atoms with Crippen molar-refractivity contribution in [2.45, 2.75) is 64.3 Å². The van der Waals surface area contributed by atoms with Crippen LogP contribution in [0, 0.1) is 28.6 Å². The zero-order valence-electron chi connectivity index (χ0n) is 54.0. The normalized spacial score (nSPS) is 16.0. The van der Waals surface area contributed by atoms with Crippen LogP contribution in [0.1, 0.15) is 73.0 Å². The molecule has 0 N–H and O–H groups in total. The molecule has 3 aromatic heterocycles. The van der Waals surface area contributed by atoms with Crippen molar-refractivity contribution in [2.24, 2.45) is 10.9 Å². The van der Waals surface area contributed by atoms with E-state index in [2.05, 4.69) is 6.58 Å². The van der Waals surface area contributed by atoms with E-state index < -0.39 is 120 Å². The van der Waals surface area contributed by atoms with Crippen LogP contribution in [0.3, 0.4) is 0 Å². The fraction of sp³-hybridized carbons (Fsp3) is 0.141. The van der Waals surface area contributed by atoms with Crippen LogP contribution in [-0.2, 0) is 117 Å². The summed E-state index contributed by atoms with van der Waals surface area (Å²) in [7, 11) is 0. The SMILES string of the molecule is C=C(c1cc2sc3c(c2s1)C(C(=O)OCc1ccccc1)(C(=O)OCc1ccccc1)C1=C3C(C(=O)OCc2ccccc2)(C(=O)OCc2ccccc2)c2cc(/N=C3/C(=O)N(C(=O)OCc4ccccc4)C(=O)C(C#N)=C3C)sc21)[C@H]1C(=O)N(C(=O)OCc2ccccc2)C(=O)C(C#N)=C1C. The molecule has 504 valence electrons. The zero-order chi connectivity index (χ0) is 71.6. The highest BCUT2D eigenvalue weighted by molar-refractivity contribution is 7.29. The van der Waals surface area contributed by atoms with Crippen LogP contribution in [-0.4, -0.2) is 75.2 Å². The molecule has 13 rings (SSSR count). The molecular weight excluding hydrogens is 1360 g/mol. The number of aliphatic imine (C=N–C) groups is 1. The molecule has 102 heavy (non-hydrogen) atoms. The molecular formula is C78H53N5O16S3. The molecule has 2 aliphatic heterocycles. The van der Waals surface area contributed by atoms with Crippen molar-refractivity contribution in [2.75, 3.05) is 0 Å². The largest absolute Gasteiger partial charge is 0.459 e. The first-order valence-corrected chi connectivity index (χ1v) is 33.9. The second kappa shape index (κ2) is 28.3. The van der Waals surface area contributed by atoms with Crippen molar-refractivity contribution >= 4 is 131 Å². The molecule has 0 fully saturated rings. The number of ether oxygens (including phenoxy) is 6. The summed E-state index contributed by atoms with van der Waals surface area (Å²) in [5.41, 5.74) is -6.14. The highest BCUT2D eigenvalue weighted by Crippen LogP contribution is 2.70. The number of benzene rings is 6. The molecule has 0 bridgehead atoms. The molecule has 2 aliphatic carbocycles. The molecule has 21 nitrogen and oxygen atoms in total. The molecule has 0 spiro atoms. The van der Waals surface area contributed by atoms with Gasteiger partial charge < -0.3 is 28.4 Å². The first-order valence-electron chi connectivity index (χ1n) is 31.4. The Morgan fingerprint density at radius 2 is 0.863 bits per heavy atom. The highest BCUT2D eigenvalue weighted by atomic mass is 32.1. The maximum Gasteiger partial charge on any atom is 0.424 e. The third-order valence-electron chi connectivity index (χ3n) is 17.5. The second-order valence-corrected chi connectivity index (χ2v) is 26.8. The molecule has 0 radical (unpaired) electrons. The Balaban J connectivity index is 1.04. The quantitative estimate of drug-likeness (QED) is 0.0314. The first-order chi connectivity index (χ1) is 49.4. The fourth-order valence-electron chi connectivity index (χ4n) is 12.5. The van der Waals surface area contributed by atoms with E-state index in [-0.39, 0.29) is 91.0 Å². The molecule has 1 atom stereocenters. The Morgan fingerprint density at radius 1 is 0.480 bits per heavy atom. The Hall–Kier alpha value is -12.6. The van der Waals surface area contributed by atoms with Gasteiger partial charge in [0.25, 0.3) is 23.6 Å². The highest BCUT2D eigenvalue weighted by Gasteiger charge is 2.72. The van der Waals surface area contributed by atoms with E-state index >= 15 is 19.2 Å². The number of rotatable bonds is 19. The zero-order valence-corrected chi connectivity index (χ0v) is 56.4. The van der Waals surface area contributed by atoms with Crippen LogP contribution in [0.15, 0.2) is 228 Å². The Labute approximate surface area is 593 Å². The van der Waals surface area contributed by atoms with Crippen molar-refractivity contribution in [1.82, 2.24) is 9.80 Å². The van der Waals surface area contributed by atoms with Crippen LogP contribution in [0.25, 0.3) is 26.1 Å². The number of imide groups is 6. The summed E-state index contributed by atoms with van der Waals surface area (Å²) in [5, 5.41) is 20.7. The van der Waals surface area contributed by atoms with E-state index in [1.54, 1.807) is 194 Å². The second-order valence-electron chi connectivity index (χ2n) is 23.6. The van der Waals surface area contributed by atoms with Crippen molar-refractivity contribution in [3.8, 4) is 12.1 Å². The number of hydrogen-bond acceptors (Lipinski definition) is 22. The topological polar surface area (TPSA) is 292 Å². The van der Waals surface area contributed by atoms with Gasteiger partial charge in [0, 0.05) is 47.2 Å². The van der Waals surface area contributed by atoms with Crippen molar-refractivity contribution in [3.05, 3.63) is 282 Å². The van der Waals surface area contributed by atoms with Gasteiger partial charge in [-0.25, -0.2) is 14.6 Å². The number of nitriles is 2. The summed E-state index contributed by atoms with van der Waals surface area (Å²) in [6, 6.07) is 57.2. The van der Waals surface area contributed by atoms with Gasteiger partial charge in [-0.05, 0) is 70.5 Å². The number of thiophene rings is 3. The minimum atomic E-state index is -2.91.